The fourth-order valence-electron chi connectivity index (χ4n) is 1.85. The van der Waals surface area contributed by atoms with Gasteiger partial charge in [0.05, 0.1) is 15.1 Å². The summed E-state index contributed by atoms with van der Waals surface area (Å²) in [6.07, 6.45) is 0. The van der Waals surface area contributed by atoms with E-state index in [1.807, 2.05) is 0 Å². The van der Waals surface area contributed by atoms with Crippen LogP contribution in [0.2, 0.25) is 0 Å². The maximum atomic E-state index is 12.8. The number of hydrogen-bond acceptors (Lipinski definition) is 5. The molecule has 1 amide bonds. The van der Waals surface area contributed by atoms with Crippen LogP contribution in [0, 0.1) is 15.9 Å². The first-order valence-corrected chi connectivity index (χ1v) is 6.96. The summed E-state index contributed by atoms with van der Waals surface area (Å²) in [4.78, 5) is 26.4. The number of nitro benzene ring substituents is 1. The molecule has 0 aliphatic heterocycles. The molecular formula is C14H8FN3O3S. The summed E-state index contributed by atoms with van der Waals surface area (Å²) >= 11 is 1.20. The lowest BCUT2D eigenvalue weighted by atomic mass is 10.2. The maximum Gasteiger partial charge on any atom is 0.271 e. The van der Waals surface area contributed by atoms with Crippen molar-refractivity contribution in [2.45, 2.75) is 0 Å². The molecule has 1 heterocycles. The smallest absolute Gasteiger partial charge is 0.271 e. The number of benzene rings is 2. The number of carbonyl (C=O) groups is 1. The van der Waals surface area contributed by atoms with Gasteiger partial charge in [-0.2, -0.15) is 0 Å². The summed E-state index contributed by atoms with van der Waals surface area (Å²) < 4.78 is 13.5. The van der Waals surface area contributed by atoms with Crippen molar-refractivity contribution in [2.75, 3.05) is 5.32 Å². The summed E-state index contributed by atoms with van der Waals surface area (Å²) in [5.74, 6) is -0.850. The number of thiazole rings is 1. The fraction of sp³-hybridized carbons (Fsp3) is 0. The zero-order valence-electron chi connectivity index (χ0n) is 10.9. The SMILES string of the molecule is O=C(Nc1nc2cc([N+](=O)[O-])ccc2s1)c1ccc(F)cc1. The molecule has 2 aromatic carbocycles. The summed E-state index contributed by atoms with van der Waals surface area (Å²) in [6.45, 7) is 0. The van der Waals surface area contributed by atoms with Crippen molar-refractivity contribution in [3.05, 3.63) is 64.0 Å². The highest BCUT2D eigenvalue weighted by Gasteiger charge is 2.13. The lowest BCUT2D eigenvalue weighted by Gasteiger charge is -2.00. The Bertz CT molecular complexity index is 877. The van der Waals surface area contributed by atoms with Gasteiger partial charge in [-0.25, -0.2) is 9.37 Å². The van der Waals surface area contributed by atoms with Crippen molar-refractivity contribution in [1.82, 2.24) is 4.98 Å². The predicted octanol–water partition coefficient (Wildman–Crippen LogP) is 3.60. The standard InChI is InChI=1S/C14H8FN3O3S/c15-9-3-1-8(2-4-9)13(19)17-14-16-11-7-10(18(20)21)5-6-12(11)22-14/h1-7H,(H,16,17,19). The zero-order chi connectivity index (χ0) is 15.7. The summed E-state index contributed by atoms with van der Waals surface area (Å²) in [5.41, 5.74) is 0.675. The second-order valence-corrected chi connectivity index (χ2v) is 5.42. The number of anilines is 1. The Morgan fingerprint density at radius 1 is 1.23 bits per heavy atom. The van der Waals surface area contributed by atoms with E-state index >= 15 is 0 Å². The van der Waals surface area contributed by atoms with Gasteiger partial charge in [-0.15, -0.1) is 0 Å². The number of fused-ring (bicyclic) bond motifs is 1. The number of non-ortho nitro benzene ring substituents is 1. The minimum atomic E-state index is -0.504. The first-order chi connectivity index (χ1) is 10.5. The van der Waals surface area contributed by atoms with Crippen LogP contribution in [0.4, 0.5) is 15.2 Å². The molecule has 0 saturated carbocycles. The first kappa shape index (κ1) is 14.1. The van der Waals surface area contributed by atoms with E-state index in [4.69, 9.17) is 0 Å². The normalized spacial score (nSPS) is 10.6. The molecule has 0 bridgehead atoms. The van der Waals surface area contributed by atoms with Gasteiger partial charge in [-0.1, -0.05) is 11.3 Å². The average molecular weight is 317 g/mol. The number of nitrogens with zero attached hydrogens (tertiary/aromatic N) is 2. The van der Waals surface area contributed by atoms with Gasteiger partial charge in [0.2, 0.25) is 0 Å². The third kappa shape index (κ3) is 2.77. The molecule has 6 nitrogen and oxygen atoms in total. The second-order valence-electron chi connectivity index (χ2n) is 4.39. The highest BCUT2D eigenvalue weighted by molar-refractivity contribution is 7.22. The Balaban J connectivity index is 1.86. The molecule has 0 atom stereocenters. The number of amides is 1. The van der Waals surface area contributed by atoms with Crippen LogP contribution in [0.15, 0.2) is 42.5 Å². The Hall–Kier alpha value is -2.87. The topological polar surface area (TPSA) is 85.1 Å². The van der Waals surface area contributed by atoms with Crippen LogP contribution in [-0.4, -0.2) is 15.8 Å². The van der Waals surface area contributed by atoms with Gasteiger partial charge in [0.1, 0.15) is 5.82 Å². The number of rotatable bonds is 3. The average Bonchev–Trinajstić information content (AvgIpc) is 2.88. The van der Waals surface area contributed by atoms with Crippen LogP contribution in [-0.2, 0) is 0 Å². The zero-order valence-corrected chi connectivity index (χ0v) is 11.8. The number of aromatic nitrogens is 1. The van der Waals surface area contributed by atoms with E-state index in [1.54, 1.807) is 6.07 Å². The Morgan fingerprint density at radius 3 is 2.64 bits per heavy atom. The molecule has 0 fully saturated rings. The van der Waals surface area contributed by atoms with Crippen molar-refractivity contribution in [2.24, 2.45) is 0 Å². The minimum Gasteiger partial charge on any atom is -0.298 e. The summed E-state index contributed by atoms with van der Waals surface area (Å²) in [7, 11) is 0. The Labute approximate surface area is 127 Å². The van der Waals surface area contributed by atoms with Crippen LogP contribution in [0.25, 0.3) is 10.2 Å². The fourth-order valence-corrected chi connectivity index (χ4v) is 2.69. The van der Waals surface area contributed by atoms with E-state index in [0.29, 0.717) is 16.2 Å². The van der Waals surface area contributed by atoms with Gasteiger partial charge in [-0.05, 0) is 30.3 Å². The van der Waals surface area contributed by atoms with E-state index in [0.717, 1.165) is 4.70 Å². The second kappa shape index (κ2) is 5.49. The number of hydrogen-bond donors (Lipinski definition) is 1. The quantitative estimate of drug-likeness (QED) is 0.591. The third-order valence-corrected chi connectivity index (χ3v) is 3.86. The number of nitro groups is 1. The van der Waals surface area contributed by atoms with E-state index in [1.165, 1.54) is 47.7 Å². The van der Waals surface area contributed by atoms with Gasteiger partial charge < -0.3 is 0 Å². The van der Waals surface area contributed by atoms with Crippen molar-refractivity contribution in [3.63, 3.8) is 0 Å². The van der Waals surface area contributed by atoms with Crippen LogP contribution in [0.3, 0.4) is 0 Å². The molecule has 3 rings (SSSR count). The molecule has 0 spiro atoms. The summed E-state index contributed by atoms with van der Waals surface area (Å²) in [6, 6.07) is 9.42. The summed E-state index contributed by atoms with van der Waals surface area (Å²) in [5, 5.41) is 13.6. The molecule has 22 heavy (non-hydrogen) atoms. The first-order valence-electron chi connectivity index (χ1n) is 6.15. The Morgan fingerprint density at radius 2 is 1.95 bits per heavy atom. The Kier molecular flexibility index (Phi) is 3.51. The monoisotopic (exact) mass is 317 g/mol. The van der Waals surface area contributed by atoms with E-state index in [2.05, 4.69) is 10.3 Å². The largest absolute Gasteiger partial charge is 0.298 e. The molecule has 0 radical (unpaired) electrons. The lowest BCUT2D eigenvalue weighted by molar-refractivity contribution is -0.384. The molecule has 0 unspecified atom stereocenters. The van der Waals surface area contributed by atoms with Gasteiger partial charge in [0, 0.05) is 17.7 Å². The molecule has 0 saturated heterocycles. The van der Waals surface area contributed by atoms with Crippen LogP contribution in [0.5, 0.6) is 0 Å². The van der Waals surface area contributed by atoms with Crippen molar-refractivity contribution in [1.29, 1.82) is 0 Å². The number of carbonyl (C=O) groups excluding carboxylic acids is 1. The highest BCUT2D eigenvalue weighted by atomic mass is 32.1. The molecular weight excluding hydrogens is 309 g/mol. The van der Waals surface area contributed by atoms with Gasteiger partial charge in [-0.3, -0.25) is 20.2 Å². The van der Waals surface area contributed by atoms with Crippen LogP contribution < -0.4 is 5.32 Å². The predicted molar refractivity (Wildman–Crippen MR) is 80.6 cm³/mol. The molecule has 0 aliphatic rings. The van der Waals surface area contributed by atoms with Gasteiger partial charge in [0.15, 0.2) is 5.13 Å². The van der Waals surface area contributed by atoms with Crippen molar-refractivity contribution in [3.8, 4) is 0 Å². The van der Waals surface area contributed by atoms with E-state index in [-0.39, 0.29) is 5.69 Å². The van der Waals surface area contributed by atoms with Crippen LogP contribution >= 0.6 is 11.3 Å². The third-order valence-electron chi connectivity index (χ3n) is 2.91. The molecule has 0 aliphatic carbocycles. The maximum absolute atomic E-state index is 12.8. The van der Waals surface area contributed by atoms with E-state index < -0.39 is 16.6 Å². The van der Waals surface area contributed by atoms with Crippen molar-refractivity contribution < 1.29 is 14.1 Å². The van der Waals surface area contributed by atoms with Gasteiger partial charge >= 0.3 is 0 Å². The molecule has 1 N–H and O–H groups in total. The highest BCUT2D eigenvalue weighted by Crippen LogP contribution is 2.29. The minimum absolute atomic E-state index is 0.0609. The molecule has 8 heteroatoms. The van der Waals surface area contributed by atoms with Gasteiger partial charge in [0.25, 0.3) is 11.6 Å². The lowest BCUT2D eigenvalue weighted by Crippen LogP contribution is -2.11. The molecule has 3 aromatic rings. The van der Waals surface area contributed by atoms with Crippen LogP contribution in [0.1, 0.15) is 10.4 Å². The number of nitrogens with one attached hydrogen (secondary N) is 1. The molecule has 1 aromatic heterocycles. The van der Waals surface area contributed by atoms with E-state index in [9.17, 15) is 19.3 Å². The van der Waals surface area contributed by atoms with Crippen molar-refractivity contribution >= 4 is 38.3 Å². The molecule has 110 valence electrons. The number of halogens is 1.